The first kappa shape index (κ1) is 14.7. The van der Waals surface area contributed by atoms with Crippen molar-refractivity contribution in [3.05, 3.63) is 35.9 Å². The number of hydrogen-bond donors (Lipinski definition) is 2. The predicted octanol–water partition coefficient (Wildman–Crippen LogP) is 3.02. The minimum atomic E-state index is -0.822. The molecular formula is C15H23NO2. The Labute approximate surface area is 109 Å². The molecule has 1 aromatic carbocycles. The van der Waals surface area contributed by atoms with Crippen LogP contribution in [0.3, 0.4) is 0 Å². The number of rotatable bonds is 7. The molecule has 2 N–H and O–H groups in total. The van der Waals surface area contributed by atoms with Gasteiger partial charge in [-0.05, 0) is 24.8 Å². The Balaban J connectivity index is 2.60. The molecule has 18 heavy (non-hydrogen) atoms. The van der Waals surface area contributed by atoms with Crippen LogP contribution >= 0.6 is 0 Å². The van der Waals surface area contributed by atoms with Crippen molar-refractivity contribution in [2.45, 2.75) is 45.1 Å². The van der Waals surface area contributed by atoms with Crippen molar-refractivity contribution in [3.8, 4) is 0 Å². The molecule has 0 radical (unpaired) electrons. The van der Waals surface area contributed by atoms with Crippen molar-refractivity contribution in [1.82, 2.24) is 5.32 Å². The summed E-state index contributed by atoms with van der Waals surface area (Å²) in [6, 6.07) is 10.2. The molecule has 0 amide bonds. The van der Waals surface area contributed by atoms with Crippen LogP contribution in [0.5, 0.6) is 0 Å². The van der Waals surface area contributed by atoms with Crippen LogP contribution in [0.2, 0.25) is 0 Å². The van der Waals surface area contributed by atoms with Gasteiger partial charge in [-0.3, -0.25) is 4.79 Å². The van der Waals surface area contributed by atoms with Crippen LogP contribution < -0.4 is 5.32 Å². The zero-order chi connectivity index (χ0) is 13.6. The highest BCUT2D eigenvalue weighted by Gasteiger charge is 2.31. The van der Waals surface area contributed by atoms with Gasteiger partial charge in [-0.2, -0.15) is 0 Å². The maximum Gasteiger partial charge on any atom is 0.323 e. The fourth-order valence-corrected chi connectivity index (χ4v) is 2.05. The molecular weight excluding hydrogens is 226 g/mol. The number of benzene rings is 1. The highest BCUT2D eigenvalue weighted by molar-refractivity contribution is 5.78. The maximum absolute atomic E-state index is 11.3. The minimum absolute atomic E-state index is 0.307. The van der Waals surface area contributed by atoms with Gasteiger partial charge in [0, 0.05) is 6.54 Å². The third-order valence-corrected chi connectivity index (χ3v) is 3.39. The lowest BCUT2D eigenvalue weighted by atomic mass is 9.94. The normalized spacial score (nSPS) is 15.9. The third kappa shape index (κ3) is 3.84. The fraction of sp³-hybridized carbons (Fsp3) is 0.533. The molecule has 3 heteroatoms. The summed E-state index contributed by atoms with van der Waals surface area (Å²) in [4.78, 5) is 11.3. The molecule has 0 fully saturated rings. The van der Waals surface area contributed by atoms with E-state index in [-0.39, 0.29) is 0 Å². The van der Waals surface area contributed by atoms with Gasteiger partial charge in [0.15, 0.2) is 0 Å². The van der Waals surface area contributed by atoms with Crippen molar-refractivity contribution < 1.29 is 9.90 Å². The molecule has 0 saturated heterocycles. The van der Waals surface area contributed by atoms with Gasteiger partial charge in [0.05, 0.1) is 0 Å². The Morgan fingerprint density at radius 2 is 2.00 bits per heavy atom. The summed E-state index contributed by atoms with van der Waals surface area (Å²) in [6.07, 6.45) is 1.50. The molecule has 0 aliphatic heterocycles. The Hall–Kier alpha value is -1.35. The van der Waals surface area contributed by atoms with Crippen LogP contribution in [0.15, 0.2) is 30.3 Å². The third-order valence-electron chi connectivity index (χ3n) is 3.39. The fourth-order valence-electron chi connectivity index (χ4n) is 2.05. The molecule has 0 heterocycles. The molecule has 0 bridgehead atoms. The predicted molar refractivity (Wildman–Crippen MR) is 73.8 cm³/mol. The lowest BCUT2D eigenvalue weighted by Gasteiger charge is -2.27. The number of carboxylic acids is 1. The van der Waals surface area contributed by atoms with Crippen LogP contribution in [0, 0.1) is 0 Å². The van der Waals surface area contributed by atoms with E-state index in [4.69, 9.17) is 0 Å². The summed E-state index contributed by atoms with van der Waals surface area (Å²) in [5, 5.41) is 12.5. The Kier molecular flexibility index (Phi) is 5.35. The lowest BCUT2D eigenvalue weighted by molar-refractivity contribution is -0.144. The number of carbonyl (C=O) groups is 1. The zero-order valence-corrected chi connectivity index (χ0v) is 11.4. The summed E-state index contributed by atoms with van der Waals surface area (Å²) >= 11 is 0. The molecule has 0 aromatic heterocycles. The monoisotopic (exact) mass is 249 g/mol. The molecule has 0 aliphatic carbocycles. The van der Waals surface area contributed by atoms with E-state index in [0.717, 1.165) is 6.42 Å². The van der Waals surface area contributed by atoms with Crippen LogP contribution in [0.1, 0.15) is 45.1 Å². The summed E-state index contributed by atoms with van der Waals surface area (Å²) in [7, 11) is 0. The Morgan fingerprint density at radius 1 is 1.39 bits per heavy atom. The zero-order valence-electron chi connectivity index (χ0n) is 11.4. The molecule has 0 saturated carbocycles. The first-order valence-electron chi connectivity index (χ1n) is 6.53. The van der Waals surface area contributed by atoms with Crippen LogP contribution in [0.4, 0.5) is 0 Å². The Morgan fingerprint density at radius 3 is 2.50 bits per heavy atom. The van der Waals surface area contributed by atoms with Crippen molar-refractivity contribution in [2.75, 3.05) is 6.54 Å². The maximum atomic E-state index is 11.3. The van der Waals surface area contributed by atoms with E-state index in [1.165, 1.54) is 5.56 Å². The molecule has 100 valence electrons. The summed E-state index contributed by atoms with van der Waals surface area (Å²) in [5.74, 6) is -0.466. The number of aliphatic carboxylic acids is 1. The topological polar surface area (TPSA) is 49.3 Å². The van der Waals surface area contributed by atoms with Gasteiger partial charge < -0.3 is 10.4 Å². The van der Waals surface area contributed by atoms with Gasteiger partial charge >= 0.3 is 5.97 Å². The van der Waals surface area contributed by atoms with E-state index in [1.54, 1.807) is 6.92 Å². The number of carboxylic acid groups (broad SMARTS) is 1. The van der Waals surface area contributed by atoms with E-state index >= 15 is 0 Å². The summed E-state index contributed by atoms with van der Waals surface area (Å²) < 4.78 is 0. The van der Waals surface area contributed by atoms with E-state index < -0.39 is 11.5 Å². The molecule has 0 aliphatic rings. The average molecular weight is 249 g/mol. The van der Waals surface area contributed by atoms with Gasteiger partial charge in [-0.25, -0.2) is 0 Å². The van der Waals surface area contributed by atoms with Gasteiger partial charge in [0.2, 0.25) is 0 Å². The quantitative estimate of drug-likeness (QED) is 0.781. The largest absolute Gasteiger partial charge is 0.480 e. The SMILES string of the molecule is CCCC(C)(NCC(C)c1ccccc1)C(=O)O. The van der Waals surface area contributed by atoms with Crippen molar-refractivity contribution in [2.24, 2.45) is 0 Å². The average Bonchev–Trinajstić information content (AvgIpc) is 2.37. The van der Waals surface area contributed by atoms with Gasteiger partial charge in [0.1, 0.15) is 5.54 Å². The first-order valence-corrected chi connectivity index (χ1v) is 6.53. The highest BCUT2D eigenvalue weighted by atomic mass is 16.4. The smallest absolute Gasteiger partial charge is 0.323 e. The molecule has 0 spiro atoms. The van der Waals surface area contributed by atoms with E-state index in [9.17, 15) is 9.90 Å². The van der Waals surface area contributed by atoms with Crippen molar-refractivity contribution >= 4 is 5.97 Å². The second kappa shape index (κ2) is 6.55. The molecule has 3 nitrogen and oxygen atoms in total. The molecule has 2 unspecified atom stereocenters. The second-order valence-electron chi connectivity index (χ2n) is 5.08. The Bertz CT molecular complexity index is 377. The lowest BCUT2D eigenvalue weighted by Crippen LogP contribution is -2.50. The van der Waals surface area contributed by atoms with Crippen LogP contribution in [-0.2, 0) is 4.79 Å². The summed E-state index contributed by atoms with van der Waals surface area (Å²) in [6.45, 7) is 6.55. The number of hydrogen-bond acceptors (Lipinski definition) is 2. The van der Waals surface area contributed by atoms with Crippen molar-refractivity contribution in [3.63, 3.8) is 0 Å². The van der Waals surface area contributed by atoms with E-state index in [1.807, 2.05) is 25.1 Å². The van der Waals surface area contributed by atoms with E-state index in [2.05, 4.69) is 24.4 Å². The van der Waals surface area contributed by atoms with Crippen LogP contribution in [-0.4, -0.2) is 23.2 Å². The van der Waals surface area contributed by atoms with Crippen LogP contribution in [0.25, 0.3) is 0 Å². The summed E-state index contributed by atoms with van der Waals surface area (Å²) in [5.41, 5.74) is 0.409. The van der Waals surface area contributed by atoms with Gasteiger partial charge in [0.25, 0.3) is 0 Å². The molecule has 1 aromatic rings. The number of nitrogens with one attached hydrogen (secondary N) is 1. The standard InChI is InChI=1S/C15H23NO2/c1-4-10-15(3,14(17)18)16-11-12(2)13-8-6-5-7-9-13/h5-9,12,16H,4,10-11H2,1-3H3,(H,17,18). The minimum Gasteiger partial charge on any atom is -0.480 e. The highest BCUT2D eigenvalue weighted by Crippen LogP contribution is 2.17. The molecule has 1 rings (SSSR count). The first-order chi connectivity index (χ1) is 8.49. The van der Waals surface area contributed by atoms with Crippen molar-refractivity contribution in [1.29, 1.82) is 0 Å². The molecule has 2 atom stereocenters. The second-order valence-corrected chi connectivity index (χ2v) is 5.08. The van der Waals surface area contributed by atoms with Gasteiger partial charge in [-0.15, -0.1) is 0 Å². The van der Waals surface area contributed by atoms with E-state index in [0.29, 0.717) is 18.9 Å². The van der Waals surface area contributed by atoms with Gasteiger partial charge in [-0.1, -0.05) is 50.6 Å².